The molecule has 2 N–H and O–H groups in total. The molecule has 1 rings (SSSR count). The Kier molecular flexibility index (Phi) is 8.05. The van der Waals surface area contributed by atoms with Crippen LogP contribution in [0.2, 0.25) is 5.02 Å². The van der Waals surface area contributed by atoms with Crippen molar-refractivity contribution < 1.29 is 8.42 Å². The maximum absolute atomic E-state index is 12.3. The Balaban J connectivity index is 2.89. The average molecular weight is 351 g/mol. The zero-order valence-electron chi connectivity index (χ0n) is 12.6. The summed E-state index contributed by atoms with van der Waals surface area (Å²) in [5.74, 6) is 0.734. The summed E-state index contributed by atoms with van der Waals surface area (Å²) in [4.78, 5) is 0.258. The molecule has 1 aromatic carbocycles. The zero-order chi connectivity index (χ0) is 15.9. The second-order valence-corrected chi connectivity index (χ2v) is 7.94. The molecule has 0 aliphatic rings. The van der Waals surface area contributed by atoms with Crippen LogP contribution in [0.4, 0.5) is 0 Å². The van der Waals surface area contributed by atoms with Crippen LogP contribution in [-0.4, -0.2) is 33.0 Å². The van der Waals surface area contributed by atoms with E-state index in [1.165, 1.54) is 0 Å². The third-order valence-electron chi connectivity index (χ3n) is 2.84. The van der Waals surface area contributed by atoms with E-state index in [1.54, 1.807) is 30.0 Å². The maximum Gasteiger partial charge on any atom is 0.240 e. The first-order valence-electron chi connectivity index (χ1n) is 6.91. The van der Waals surface area contributed by atoms with Gasteiger partial charge in [0, 0.05) is 23.4 Å². The van der Waals surface area contributed by atoms with Crippen LogP contribution >= 0.6 is 23.4 Å². The molecule has 0 aliphatic carbocycles. The van der Waals surface area contributed by atoms with Gasteiger partial charge in [-0.15, -0.1) is 0 Å². The molecule has 120 valence electrons. The van der Waals surface area contributed by atoms with E-state index in [-0.39, 0.29) is 10.9 Å². The molecule has 0 bridgehead atoms. The van der Waals surface area contributed by atoms with Gasteiger partial charge in [-0.3, -0.25) is 0 Å². The van der Waals surface area contributed by atoms with E-state index in [1.807, 2.05) is 13.2 Å². The maximum atomic E-state index is 12.3. The molecule has 0 saturated heterocycles. The molecule has 0 aromatic heterocycles. The van der Waals surface area contributed by atoms with Crippen LogP contribution < -0.4 is 10.0 Å². The third-order valence-corrected chi connectivity index (χ3v) is 5.63. The van der Waals surface area contributed by atoms with Crippen LogP contribution in [0, 0.1) is 0 Å². The summed E-state index contributed by atoms with van der Waals surface area (Å²) in [6.07, 6.45) is 2.97. The fraction of sp³-hybridized carbons (Fsp3) is 0.571. The lowest BCUT2D eigenvalue weighted by Gasteiger charge is -2.14. The van der Waals surface area contributed by atoms with Gasteiger partial charge >= 0.3 is 0 Å². The second-order valence-electron chi connectivity index (χ2n) is 4.91. The number of thioether (sulfide) groups is 1. The molecule has 0 fully saturated rings. The lowest BCUT2D eigenvalue weighted by Crippen LogP contribution is -2.34. The molecule has 0 spiro atoms. The molecule has 21 heavy (non-hydrogen) atoms. The minimum absolute atomic E-state index is 0.109. The first kappa shape index (κ1) is 18.8. The average Bonchev–Trinajstić information content (AvgIpc) is 2.40. The summed E-state index contributed by atoms with van der Waals surface area (Å²) in [5, 5.41) is 3.81. The summed E-state index contributed by atoms with van der Waals surface area (Å²) in [7, 11) is -3.50. The minimum atomic E-state index is -3.50. The Morgan fingerprint density at radius 2 is 2.10 bits per heavy atom. The van der Waals surface area contributed by atoms with Gasteiger partial charge in [0.25, 0.3) is 0 Å². The monoisotopic (exact) mass is 350 g/mol. The number of hydrogen-bond donors (Lipinski definition) is 2. The number of rotatable bonds is 9. The molecule has 0 saturated carbocycles. The van der Waals surface area contributed by atoms with E-state index < -0.39 is 10.0 Å². The fourth-order valence-corrected chi connectivity index (χ4v) is 4.04. The van der Waals surface area contributed by atoms with Gasteiger partial charge in [0.05, 0.1) is 4.90 Å². The van der Waals surface area contributed by atoms with Crippen molar-refractivity contribution in [3.63, 3.8) is 0 Å². The number of hydrogen-bond acceptors (Lipinski definition) is 4. The van der Waals surface area contributed by atoms with Crippen molar-refractivity contribution in [3.8, 4) is 0 Å². The van der Waals surface area contributed by atoms with Crippen molar-refractivity contribution in [2.75, 3.05) is 18.6 Å². The summed E-state index contributed by atoms with van der Waals surface area (Å²) in [5.41, 5.74) is 0.797. The SMILES string of the molecule is CCCNCc1cc(S(=O)(=O)NC(C)CSC)ccc1Cl. The van der Waals surface area contributed by atoms with E-state index in [4.69, 9.17) is 11.6 Å². The van der Waals surface area contributed by atoms with Crippen molar-refractivity contribution in [1.29, 1.82) is 0 Å². The van der Waals surface area contributed by atoms with Crippen molar-refractivity contribution in [1.82, 2.24) is 10.0 Å². The van der Waals surface area contributed by atoms with Gasteiger partial charge < -0.3 is 5.32 Å². The lowest BCUT2D eigenvalue weighted by molar-refractivity contribution is 0.570. The molecular weight excluding hydrogens is 328 g/mol. The van der Waals surface area contributed by atoms with E-state index >= 15 is 0 Å². The second kappa shape index (κ2) is 9.00. The highest BCUT2D eigenvalue weighted by Crippen LogP contribution is 2.20. The molecule has 0 amide bonds. The Morgan fingerprint density at radius 1 is 1.38 bits per heavy atom. The topological polar surface area (TPSA) is 58.2 Å². The van der Waals surface area contributed by atoms with Crippen molar-refractivity contribution in [2.45, 2.75) is 37.8 Å². The van der Waals surface area contributed by atoms with Gasteiger partial charge in [-0.1, -0.05) is 18.5 Å². The van der Waals surface area contributed by atoms with Crippen LogP contribution in [0.1, 0.15) is 25.8 Å². The highest BCUT2D eigenvalue weighted by molar-refractivity contribution is 7.98. The highest BCUT2D eigenvalue weighted by Gasteiger charge is 2.18. The molecule has 4 nitrogen and oxygen atoms in total. The van der Waals surface area contributed by atoms with Crippen molar-refractivity contribution in [3.05, 3.63) is 28.8 Å². The van der Waals surface area contributed by atoms with Gasteiger partial charge in [0.1, 0.15) is 0 Å². The van der Waals surface area contributed by atoms with Crippen LogP contribution in [0.15, 0.2) is 23.1 Å². The van der Waals surface area contributed by atoms with E-state index in [9.17, 15) is 8.42 Å². The van der Waals surface area contributed by atoms with Gasteiger partial charge in [0.2, 0.25) is 10.0 Å². The Hall–Kier alpha value is -0.270. The van der Waals surface area contributed by atoms with Crippen molar-refractivity contribution >= 4 is 33.4 Å². The van der Waals surface area contributed by atoms with E-state index in [0.717, 1.165) is 24.3 Å². The molecule has 1 aromatic rings. The van der Waals surface area contributed by atoms with E-state index in [0.29, 0.717) is 11.6 Å². The normalized spacial score (nSPS) is 13.3. The Morgan fingerprint density at radius 3 is 2.71 bits per heavy atom. The van der Waals surface area contributed by atoms with E-state index in [2.05, 4.69) is 17.0 Å². The molecule has 7 heteroatoms. The molecule has 0 radical (unpaired) electrons. The van der Waals surface area contributed by atoms with Gasteiger partial charge in [-0.25, -0.2) is 13.1 Å². The lowest BCUT2D eigenvalue weighted by atomic mass is 10.2. The number of nitrogens with one attached hydrogen (secondary N) is 2. The summed E-state index contributed by atoms with van der Waals surface area (Å²) >= 11 is 7.73. The number of sulfonamides is 1. The first-order valence-corrected chi connectivity index (χ1v) is 10.2. The smallest absolute Gasteiger partial charge is 0.240 e. The Bertz CT molecular complexity index is 550. The van der Waals surface area contributed by atoms with Crippen LogP contribution in [-0.2, 0) is 16.6 Å². The quantitative estimate of drug-likeness (QED) is 0.672. The van der Waals surface area contributed by atoms with Gasteiger partial charge in [-0.05, 0) is 49.9 Å². The largest absolute Gasteiger partial charge is 0.313 e. The van der Waals surface area contributed by atoms with Crippen molar-refractivity contribution in [2.24, 2.45) is 0 Å². The third kappa shape index (κ3) is 6.16. The summed E-state index contributed by atoms with van der Waals surface area (Å²) < 4.78 is 27.3. The predicted molar refractivity (Wildman–Crippen MR) is 91.6 cm³/mol. The molecule has 1 unspecified atom stereocenters. The number of halogens is 1. The number of benzene rings is 1. The standard InChI is InChI=1S/C14H23ClN2O2S2/c1-4-7-16-9-12-8-13(5-6-14(12)15)21(18,19)17-11(2)10-20-3/h5-6,8,11,16-17H,4,7,9-10H2,1-3H3. The molecule has 0 heterocycles. The summed E-state index contributed by atoms with van der Waals surface area (Å²) in [6, 6.07) is 4.71. The van der Waals surface area contributed by atoms with Gasteiger partial charge in [0.15, 0.2) is 0 Å². The molecular formula is C14H23ClN2O2S2. The van der Waals surface area contributed by atoms with Crippen LogP contribution in [0.3, 0.4) is 0 Å². The molecule has 1 atom stereocenters. The summed E-state index contributed by atoms with van der Waals surface area (Å²) in [6.45, 7) is 5.37. The fourth-order valence-electron chi connectivity index (χ4n) is 1.87. The minimum Gasteiger partial charge on any atom is -0.313 e. The first-order chi connectivity index (χ1) is 9.90. The van der Waals surface area contributed by atoms with Gasteiger partial charge in [-0.2, -0.15) is 11.8 Å². The predicted octanol–water partition coefficient (Wildman–Crippen LogP) is 2.87. The molecule has 0 aliphatic heterocycles. The highest BCUT2D eigenvalue weighted by atomic mass is 35.5. The Labute approximate surface area is 137 Å². The van der Waals surface area contributed by atoms with Crippen LogP contribution in [0.25, 0.3) is 0 Å². The zero-order valence-corrected chi connectivity index (χ0v) is 15.0. The van der Waals surface area contributed by atoms with Crippen LogP contribution in [0.5, 0.6) is 0 Å².